The van der Waals surface area contributed by atoms with E-state index in [9.17, 15) is 4.79 Å². The van der Waals surface area contributed by atoms with Crippen molar-refractivity contribution in [2.24, 2.45) is 11.7 Å². The van der Waals surface area contributed by atoms with Crippen LogP contribution in [0.5, 0.6) is 0 Å². The summed E-state index contributed by atoms with van der Waals surface area (Å²) in [5.41, 5.74) is 9.12. The van der Waals surface area contributed by atoms with E-state index in [0.717, 1.165) is 21.3 Å². The Labute approximate surface area is 104 Å². The van der Waals surface area contributed by atoms with E-state index in [1.165, 1.54) is 0 Å². The van der Waals surface area contributed by atoms with Crippen LogP contribution in [0.4, 0.5) is 5.69 Å². The third kappa shape index (κ3) is 1.99. The standard InChI is InChI=1S/C12H15BrN2O/c1-6(2)11(14)9-5-8(13)3-7-4-10(16)15-12(7)9/h3,5-6,11H,4,14H2,1-2H3,(H,15,16). The maximum Gasteiger partial charge on any atom is 0.228 e. The SMILES string of the molecule is CC(C)C(N)c1cc(Br)cc2c1NC(=O)C2. The van der Waals surface area contributed by atoms with E-state index in [1.54, 1.807) is 0 Å². The van der Waals surface area contributed by atoms with Crippen molar-refractivity contribution in [3.63, 3.8) is 0 Å². The van der Waals surface area contributed by atoms with E-state index < -0.39 is 0 Å². The zero-order chi connectivity index (χ0) is 11.9. The minimum atomic E-state index is -0.0513. The minimum absolute atomic E-state index is 0.0466. The highest BCUT2D eigenvalue weighted by atomic mass is 79.9. The van der Waals surface area contributed by atoms with Crippen LogP contribution >= 0.6 is 15.9 Å². The maximum absolute atomic E-state index is 11.4. The fourth-order valence-corrected chi connectivity index (χ4v) is 2.48. The van der Waals surface area contributed by atoms with Gasteiger partial charge in [0, 0.05) is 16.2 Å². The molecule has 1 atom stereocenters. The molecule has 1 amide bonds. The van der Waals surface area contributed by atoms with Crippen LogP contribution in [0.1, 0.15) is 31.0 Å². The molecule has 0 fully saturated rings. The van der Waals surface area contributed by atoms with Gasteiger partial charge < -0.3 is 11.1 Å². The third-order valence-electron chi connectivity index (χ3n) is 2.91. The molecule has 1 aliphatic rings. The van der Waals surface area contributed by atoms with Gasteiger partial charge in [0.1, 0.15) is 0 Å². The van der Waals surface area contributed by atoms with Gasteiger partial charge in [-0.3, -0.25) is 4.79 Å². The monoisotopic (exact) mass is 282 g/mol. The number of rotatable bonds is 2. The zero-order valence-electron chi connectivity index (χ0n) is 9.38. The second kappa shape index (κ2) is 4.18. The lowest BCUT2D eigenvalue weighted by atomic mass is 9.94. The van der Waals surface area contributed by atoms with Gasteiger partial charge in [-0.05, 0) is 29.2 Å². The highest BCUT2D eigenvalue weighted by Crippen LogP contribution is 2.35. The summed E-state index contributed by atoms with van der Waals surface area (Å²) in [6.45, 7) is 4.16. The number of halogens is 1. The second-order valence-corrected chi connectivity index (χ2v) is 5.44. The molecular formula is C12H15BrN2O. The molecule has 1 aromatic rings. The molecule has 3 nitrogen and oxygen atoms in total. The molecule has 0 saturated heterocycles. The second-order valence-electron chi connectivity index (χ2n) is 4.52. The van der Waals surface area contributed by atoms with Crippen LogP contribution in [0.15, 0.2) is 16.6 Å². The average Bonchev–Trinajstić information content (AvgIpc) is 2.55. The Morgan fingerprint density at radius 2 is 2.12 bits per heavy atom. The van der Waals surface area contributed by atoms with E-state index >= 15 is 0 Å². The number of nitrogens with two attached hydrogens (primary N) is 1. The van der Waals surface area contributed by atoms with Crippen molar-refractivity contribution >= 4 is 27.5 Å². The third-order valence-corrected chi connectivity index (χ3v) is 3.37. The summed E-state index contributed by atoms with van der Waals surface area (Å²) in [5, 5.41) is 2.89. The lowest BCUT2D eigenvalue weighted by Gasteiger charge is -2.19. The molecule has 1 heterocycles. The summed E-state index contributed by atoms with van der Waals surface area (Å²) in [6, 6.07) is 3.92. The van der Waals surface area contributed by atoms with Crippen molar-refractivity contribution in [2.75, 3.05) is 5.32 Å². The number of carbonyl (C=O) groups excluding carboxylic acids is 1. The summed E-state index contributed by atoms with van der Waals surface area (Å²) < 4.78 is 0.980. The van der Waals surface area contributed by atoms with Gasteiger partial charge >= 0.3 is 0 Å². The van der Waals surface area contributed by atoms with Gasteiger partial charge in [-0.1, -0.05) is 29.8 Å². The van der Waals surface area contributed by atoms with Crippen molar-refractivity contribution < 1.29 is 4.79 Å². The molecule has 0 aromatic heterocycles. The van der Waals surface area contributed by atoms with E-state index in [-0.39, 0.29) is 11.9 Å². The molecule has 1 unspecified atom stereocenters. The zero-order valence-corrected chi connectivity index (χ0v) is 11.0. The number of anilines is 1. The van der Waals surface area contributed by atoms with Crippen LogP contribution in [0.3, 0.4) is 0 Å². The van der Waals surface area contributed by atoms with Gasteiger partial charge in [0.2, 0.25) is 5.91 Å². The first kappa shape index (κ1) is 11.6. The lowest BCUT2D eigenvalue weighted by Crippen LogP contribution is -2.18. The highest BCUT2D eigenvalue weighted by molar-refractivity contribution is 9.10. The summed E-state index contributed by atoms with van der Waals surface area (Å²) in [6.07, 6.45) is 0.451. The average molecular weight is 283 g/mol. The normalized spacial score (nSPS) is 16.2. The molecule has 1 aliphatic heterocycles. The van der Waals surface area contributed by atoms with Gasteiger partial charge in [-0.2, -0.15) is 0 Å². The van der Waals surface area contributed by atoms with Crippen molar-refractivity contribution in [1.82, 2.24) is 0 Å². The summed E-state index contributed by atoms with van der Waals surface area (Å²) in [7, 11) is 0. The van der Waals surface area contributed by atoms with Crippen molar-refractivity contribution in [1.29, 1.82) is 0 Å². The molecule has 86 valence electrons. The van der Waals surface area contributed by atoms with Crippen LogP contribution in [0.25, 0.3) is 0 Å². The van der Waals surface area contributed by atoms with Crippen molar-refractivity contribution in [3.05, 3.63) is 27.7 Å². The number of fused-ring (bicyclic) bond motifs is 1. The van der Waals surface area contributed by atoms with Gasteiger partial charge in [-0.15, -0.1) is 0 Å². The Bertz CT molecular complexity index is 443. The molecule has 0 saturated carbocycles. The van der Waals surface area contributed by atoms with Gasteiger partial charge in [0.05, 0.1) is 6.42 Å². The first-order valence-corrected chi connectivity index (χ1v) is 6.16. The van der Waals surface area contributed by atoms with Crippen LogP contribution in [-0.2, 0) is 11.2 Å². The molecule has 0 radical (unpaired) electrons. The van der Waals surface area contributed by atoms with E-state index in [0.29, 0.717) is 12.3 Å². The Kier molecular flexibility index (Phi) is 3.04. The van der Waals surface area contributed by atoms with Crippen LogP contribution < -0.4 is 11.1 Å². The quantitative estimate of drug-likeness (QED) is 0.876. The molecule has 4 heteroatoms. The number of amides is 1. The predicted molar refractivity (Wildman–Crippen MR) is 68.2 cm³/mol. The largest absolute Gasteiger partial charge is 0.325 e. The number of nitrogens with one attached hydrogen (secondary N) is 1. The number of carbonyl (C=O) groups is 1. The molecule has 2 rings (SSSR count). The van der Waals surface area contributed by atoms with Gasteiger partial charge in [0.15, 0.2) is 0 Å². The first-order chi connectivity index (χ1) is 7.49. The number of hydrogen-bond donors (Lipinski definition) is 2. The Hall–Kier alpha value is -0.870. The van der Waals surface area contributed by atoms with E-state index in [4.69, 9.17) is 5.73 Å². The summed E-state index contributed by atoms with van der Waals surface area (Å²) in [4.78, 5) is 11.4. The molecular weight excluding hydrogens is 268 g/mol. The highest BCUT2D eigenvalue weighted by Gasteiger charge is 2.25. The van der Waals surface area contributed by atoms with E-state index in [1.807, 2.05) is 12.1 Å². The van der Waals surface area contributed by atoms with Crippen LogP contribution in [0, 0.1) is 5.92 Å². The van der Waals surface area contributed by atoms with Crippen LogP contribution in [0.2, 0.25) is 0 Å². The molecule has 0 aliphatic carbocycles. The van der Waals surface area contributed by atoms with Gasteiger partial charge in [-0.25, -0.2) is 0 Å². The fourth-order valence-electron chi connectivity index (χ4n) is 1.96. The number of benzene rings is 1. The van der Waals surface area contributed by atoms with Crippen LogP contribution in [-0.4, -0.2) is 5.91 Å². The Balaban J connectivity index is 2.50. The van der Waals surface area contributed by atoms with Gasteiger partial charge in [0.25, 0.3) is 0 Å². The molecule has 0 spiro atoms. The summed E-state index contributed by atoms with van der Waals surface area (Å²) in [5.74, 6) is 0.390. The predicted octanol–water partition coefficient (Wildman–Crippen LogP) is 2.60. The fraction of sp³-hybridized carbons (Fsp3) is 0.417. The Morgan fingerprint density at radius 3 is 2.75 bits per heavy atom. The van der Waals surface area contributed by atoms with Crippen molar-refractivity contribution in [3.8, 4) is 0 Å². The van der Waals surface area contributed by atoms with Crippen molar-refractivity contribution in [2.45, 2.75) is 26.3 Å². The first-order valence-electron chi connectivity index (χ1n) is 5.36. The Morgan fingerprint density at radius 1 is 1.44 bits per heavy atom. The summed E-state index contributed by atoms with van der Waals surface area (Å²) >= 11 is 3.46. The smallest absolute Gasteiger partial charge is 0.228 e. The lowest BCUT2D eigenvalue weighted by molar-refractivity contribution is -0.115. The topological polar surface area (TPSA) is 55.1 Å². The molecule has 3 N–H and O–H groups in total. The molecule has 0 bridgehead atoms. The maximum atomic E-state index is 11.4. The molecule has 16 heavy (non-hydrogen) atoms. The molecule has 1 aromatic carbocycles. The number of hydrogen-bond acceptors (Lipinski definition) is 2. The minimum Gasteiger partial charge on any atom is -0.325 e. The van der Waals surface area contributed by atoms with E-state index in [2.05, 4.69) is 35.1 Å².